The van der Waals surface area contributed by atoms with Crippen molar-refractivity contribution < 1.29 is 0 Å². The molecule has 82 valence electrons. The van der Waals surface area contributed by atoms with Crippen LogP contribution >= 0.6 is 24.8 Å². The number of halogens is 2. The topological polar surface area (TPSA) is 56.7 Å². The lowest BCUT2D eigenvalue weighted by molar-refractivity contribution is 0.877. The molecule has 1 heterocycles. The standard InChI is InChI=1S/C9H10N4.2ClH/c10-5-8-1-3-9(4-2-8)13-7-11-6-12-13;;/h1-4,6-7H,5,10H2;2*1H. The van der Waals surface area contributed by atoms with Gasteiger partial charge in [-0.1, -0.05) is 12.1 Å². The van der Waals surface area contributed by atoms with Gasteiger partial charge in [0.1, 0.15) is 12.7 Å². The zero-order valence-corrected chi connectivity index (χ0v) is 9.54. The molecule has 6 heteroatoms. The zero-order chi connectivity index (χ0) is 9.10. The van der Waals surface area contributed by atoms with Crippen LogP contribution in [0.1, 0.15) is 5.56 Å². The van der Waals surface area contributed by atoms with Gasteiger partial charge in [0.25, 0.3) is 0 Å². The number of rotatable bonds is 2. The average molecular weight is 247 g/mol. The molecule has 0 aliphatic carbocycles. The van der Waals surface area contributed by atoms with Crippen LogP contribution in [-0.4, -0.2) is 14.8 Å². The van der Waals surface area contributed by atoms with Crippen molar-refractivity contribution in [2.75, 3.05) is 0 Å². The van der Waals surface area contributed by atoms with Crippen LogP contribution in [0.25, 0.3) is 5.69 Å². The van der Waals surface area contributed by atoms with Crippen LogP contribution in [0, 0.1) is 0 Å². The van der Waals surface area contributed by atoms with Gasteiger partial charge in [0.15, 0.2) is 0 Å². The van der Waals surface area contributed by atoms with E-state index in [1.165, 1.54) is 6.33 Å². The van der Waals surface area contributed by atoms with Gasteiger partial charge in [0.2, 0.25) is 0 Å². The molecule has 0 aliphatic rings. The molecule has 2 rings (SSSR count). The first-order chi connectivity index (χ1) is 6.40. The molecule has 0 radical (unpaired) electrons. The molecule has 4 nitrogen and oxygen atoms in total. The van der Waals surface area contributed by atoms with E-state index in [-0.39, 0.29) is 24.8 Å². The van der Waals surface area contributed by atoms with E-state index in [9.17, 15) is 0 Å². The van der Waals surface area contributed by atoms with E-state index in [0.717, 1.165) is 11.3 Å². The first kappa shape index (κ1) is 13.9. The summed E-state index contributed by atoms with van der Waals surface area (Å²) in [5.74, 6) is 0. The number of benzene rings is 1. The molecule has 0 bridgehead atoms. The molecule has 2 aromatic rings. The number of nitrogens with zero attached hydrogens (tertiary/aromatic N) is 3. The molecule has 2 N–H and O–H groups in total. The molecule has 0 aliphatic heterocycles. The number of hydrogen-bond acceptors (Lipinski definition) is 3. The quantitative estimate of drug-likeness (QED) is 0.876. The molecule has 0 atom stereocenters. The van der Waals surface area contributed by atoms with Crippen LogP contribution in [0.3, 0.4) is 0 Å². The second-order valence-corrected chi connectivity index (χ2v) is 2.71. The Kier molecular flexibility index (Phi) is 5.93. The van der Waals surface area contributed by atoms with Crippen molar-refractivity contribution in [1.29, 1.82) is 0 Å². The van der Waals surface area contributed by atoms with Crippen LogP contribution < -0.4 is 5.73 Å². The Balaban J connectivity index is 0.000000980. The molecule has 1 aromatic carbocycles. The second kappa shape index (κ2) is 6.40. The molecular formula is C9H12Cl2N4. The molecule has 0 spiro atoms. The van der Waals surface area contributed by atoms with Crippen molar-refractivity contribution in [3.8, 4) is 5.69 Å². The van der Waals surface area contributed by atoms with Crippen molar-refractivity contribution in [1.82, 2.24) is 14.8 Å². The Morgan fingerprint density at radius 2 is 1.80 bits per heavy atom. The first-order valence-corrected chi connectivity index (χ1v) is 4.04. The lowest BCUT2D eigenvalue weighted by Gasteiger charge is -2.00. The summed E-state index contributed by atoms with van der Waals surface area (Å²) < 4.78 is 1.71. The van der Waals surface area contributed by atoms with E-state index in [1.54, 1.807) is 11.0 Å². The van der Waals surface area contributed by atoms with Crippen LogP contribution in [-0.2, 0) is 6.54 Å². The Morgan fingerprint density at radius 3 is 2.27 bits per heavy atom. The Bertz CT molecular complexity index is 372. The number of hydrogen-bond donors (Lipinski definition) is 1. The van der Waals surface area contributed by atoms with Crippen LogP contribution in [0.4, 0.5) is 0 Å². The van der Waals surface area contributed by atoms with Crippen molar-refractivity contribution in [2.45, 2.75) is 6.54 Å². The van der Waals surface area contributed by atoms with E-state index in [2.05, 4.69) is 10.1 Å². The third kappa shape index (κ3) is 3.20. The summed E-state index contributed by atoms with van der Waals surface area (Å²) in [6.45, 7) is 0.567. The summed E-state index contributed by atoms with van der Waals surface area (Å²) in [7, 11) is 0. The van der Waals surface area contributed by atoms with E-state index >= 15 is 0 Å². The summed E-state index contributed by atoms with van der Waals surface area (Å²) in [5.41, 5.74) is 7.59. The highest BCUT2D eigenvalue weighted by molar-refractivity contribution is 5.85. The van der Waals surface area contributed by atoms with Crippen molar-refractivity contribution in [3.63, 3.8) is 0 Å². The van der Waals surface area contributed by atoms with Crippen LogP contribution in [0.2, 0.25) is 0 Å². The van der Waals surface area contributed by atoms with Gasteiger partial charge in [-0.25, -0.2) is 9.67 Å². The highest BCUT2D eigenvalue weighted by Crippen LogP contribution is 2.06. The fraction of sp³-hybridized carbons (Fsp3) is 0.111. The highest BCUT2D eigenvalue weighted by atomic mass is 35.5. The monoisotopic (exact) mass is 246 g/mol. The lowest BCUT2D eigenvalue weighted by Crippen LogP contribution is -1.98. The van der Waals surface area contributed by atoms with Crippen LogP contribution in [0.5, 0.6) is 0 Å². The summed E-state index contributed by atoms with van der Waals surface area (Å²) in [4.78, 5) is 3.87. The summed E-state index contributed by atoms with van der Waals surface area (Å²) in [6, 6.07) is 7.90. The largest absolute Gasteiger partial charge is 0.326 e. The van der Waals surface area contributed by atoms with Crippen molar-refractivity contribution in [3.05, 3.63) is 42.5 Å². The van der Waals surface area contributed by atoms with E-state index in [4.69, 9.17) is 5.73 Å². The van der Waals surface area contributed by atoms with Gasteiger partial charge in [-0.15, -0.1) is 24.8 Å². The summed E-state index contributed by atoms with van der Waals surface area (Å²) >= 11 is 0. The maximum absolute atomic E-state index is 5.48. The number of aromatic nitrogens is 3. The third-order valence-corrected chi connectivity index (χ3v) is 1.86. The molecule has 0 saturated carbocycles. The van der Waals surface area contributed by atoms with Crippen LogP contribution in [0.15, 0.2) is 36.9 Å². The van der Waals surface area contributed by atoms with E-state index in [0.29, 0.717) is 6.54 Å². The van der Waals surface area contributed by atoms with Gasteiger partial charge in [0.05, 0.1) is 5.69 Å². The molecule has 0 amide bonds. The third-order valence-electron chi connectivity index (χ3n) is 1.86. The Hall–Kier alpha value is -1.10. The average Bonchev–Trinajstić information content (AvgIpc) is 2.71. The predicted molar refractivity (Wildman–Crippen MR) is 63.7 cm³/mol. The highest BCUT2D eigenvalue weighted by Gasteiger charge is 1.95. The van der Waals surface area contributed by atoms with Gasteiger partial charge in [0, 0.05) is 6.54 Å². The SMILES string of the molecule is Cl.Cl.NCc1ccc(-n2cncn2)cc1. The van der Waals surface area contributed by atoms with Gasteiger partial charge in [-0.05, 0) is 17.7 Å². The van der Waals surface area contributed by atoms with Gasteiger partial charge in [-0.3, -0.25) is 0 Å². The Labute approximate surface area is 100 Å². The molecule has 0 saturated heterocycles. The minimum atomic E-state index is 0. The Morgan fingerprint density at radius 1 is 1.13 bits per heavy atom. The van der Waals surface area contributed by atoms with Gasteiger partial charge < -0.3 is 5.73 Å². The zero-order valence-electron chi connectivity index (χ0n) is 7.91. The van der Waals surface area contributed by atoms with E-state index < -0.39 is 0 Å². The predicted octanol–water partition coefficient (Wildman–Crippen LogP) is 1.57. The maximum atomic E-state index is 5.48. The normalized spacial score (nSPS) is 8.87. The summed E-state index contributed by atoms with van der Waals surface area (Å²) in [5, 5.41) is 4.02. The number of nitrogens with two attached hydrogens (primary N) is 1. The fourth-order valence-corrected chi connectivity index (χ4v) is 1.13. The van der Waals surface area contributed by atoms with Gasteiger partial charge in [-0.2, -0.15) is 5.10 Å². The lowest BCUT2D eigenvalue weighted by atomic mass is 10.2. The second-order valence-electron chi connectivity index (χ2n) is 2.71. The van der Waals surface area contributed by atoms with Crippen molar-refractivity contribution in [2.24, 2.45) is 5.73 Å². The minimum Gasteiger partial charge on any atom is -0.326 e. The maximum Gasteiger partial charge on any atom is 0.138 e. The molecule has 15 heavy (non-hydrogen) atoms. The fourth-order valence-electron chi connectivity index (χ4n) is 1.13. The molecule has 0 unspecified atom stereocenters. The van der Waals surface area contributed by atoms with E-state index in [1.807, 2.05) is 24.3 Å². The smallest absolute Gasteiger partial charge is 0.138 e. The van der Waals surface area contributed by atoms with Gasteiger partial charge >= 0.3 is 0 Å². The molecule has 1 aromatic heterocycles. The first-order valence-electron chi connectivity index (χ1n) is 4.04. The summed E-state index contributed by atoms with van der Waals surface area (Å²) in [6.07, 6.45) is 3.17. The van der Waals surface area contributed by atoms with Crippen molar-refractivity contribution >= 4 is 24.8 Å². The molecule has 0 fully saturated rings. The minimum absolute atomic E-state index is 0. The molecular weight excluding hydrogens is 235 g/mol.